The number of carbonyl (C=O) groups is 1. The predicted octanol–water partition coefficient (Wildman–Crippen LogP) is 2.87. The van der Waals surface area contributed by atoms with Crippen LogP contribution in [0.3, 0.4) is 0 Å². The Morgan fingerprint density at radius 1 is 1.15 bits per heavy atom. The van der Waals surface area contributed by atoms with E-state index in [2.05, 4.69) is 20.6 Å². The molecule has 3 heterocycles. The summed E-state index contributed by atoms with van der Waals surface area (Å²) in [5.74, 6) is 0.812. The fraction of sp³-hybridized carbons (Fsp3) is 0.368. The van der Waals surface area contributed by atoms with Crippen molar-refractivity contribution in [3.05, 3.63) is 42.9 Å². The zero-order chi connectivity index (χ0) is 18.6. The van der Waals surface area contributed by atoms with Crippen molar-refractivity contribution in [3.63, 3.8) is 0 Å². The van der Waals surface area contributed by atoms with Crippen molar-refractivity contribution < 1.29 is 9.53 Å². The monoisotopic (exact) mass is 366 g/mol. The number of aromatic nitrogens is 4. The van der Waals surface area contributed by atoms with Crippen molar-refractivity contribution in [2.75, 3.05) is 12.4 Å². The Bertz CT molecular complexity index is 918. The second kappa shape index (κ2) is 7.61. The van der Waals surface area contributed by atoms with E-state index in [0.717, 1.165) is 48.4 Å². The van der Waals surface area contributed by atoms with Crippen LogP contribution in [0.5, 0.6) is 0 Å². The molecule has 140 valence electrons. The summed E-state index contributed by atoms with van der Waals surface area (Å²) < 4.78 is 7.19. The Kier molecular flexibility index (Phi) is 4.86. The molecule has 1 aliphatic rings. The zero-order valence-corrected chi connectivity index (χ0v) is 15.1. The molecule has 0 saturated heterocycles. The molecule has 0 unspecified atom stereocenters. The number of amides is 1. The summed E-state index contributed by atoms with van der Waals surface area (Å²) in [6.07, 6.45) is 8.54. The van der Waals surface area contributed by atoms with Crippen LogP contribution < -0.4 is 10.6 Å². The first-order chi connectivity index (χ1) is 13.2. The molecule has 1 aliphatic carbocycles. The molecule has 0 bridgehead atoms. The first kappa shape index (κ1) is 17.3. The molecule has 4 rings (SSSR count). The third-order valence-corrected chi connectivity index (χ3v) is 4.84. The molecule has 0 atom stereocenters. The Morgan fingerprint density at radius 2 is 1.93 bits per heavy atom. The van der Waals surface area contributed by atoms with Gasteiger partial charge in [0.15, 0.2) is 5.65 Å². The minimum Gasteiger partial charge on any atom is -0.446 e. The average Bonchev–Trinajstić information content (AvgIpc) is 3.13. The SMILES string of the molecule is CNC(=O)O[C@H]1CC[C@H](Nc2ccc3ncc(-c4ccncc4)n3n2)CC1. The number of imidazole rings is 1. The summed E-state index contributed by atoms with van der Waals surface area (Å²) in [6, 6.07) is 8.11. The number of carbonyl (C=O) groups excluding carboxylic acids is 1. The van der Waals surface area contributed by atoms with Crippen molar-refractivity contribution in [1.29, 1.82) is 0 Å². The predicted molar refractivity (Wildman–Crippen MR) is 101 cm³/mol. The van der Waals surface area contributed by atoms with Crippen LogP contribution in [-0.2, 0) is 4.74 Å². The number of hydrogen-bond acceptors (Lipinski definition) is 6. The summed E-state index contributed by atoms with van der Waals surface area (Å²) in [5.41, 5.74) is 2.75. The number of alkyl carbamates (subject to hydrolysis) is 1. The van der Waals surface area contributed by atoms with Gasteiger partial charge in [-0.1, -0.05) is 0 Å². The van der Waals surface area contributed by atoms with Crippen LogP contribution in [0.15, 0.2) is 42.9 Å². The molecule has 0 radical (unpaired) electrons. The van der Waals surface area contributed by atoms with Gasteiger partial charge in [0, 0.05) is 31.0 Å². The van der Waals surface area contributed by atoms with Gasteiger partial charge >= 0.3 is 6.09 Å². The summed E-state index contributed by atoms with van der Waals surface area (Å²) in [4.78, 5) is 19.8. The third-order valence-electron chi connectivity index (χ3n) is 4.84. The van der Waals surface area contributed by atoms with Gasteiger partial charge in [-0.05, 0) is 49.9 Å². The topological polar surface area (TPSA) is 93.4 Å². The Morgan fingerprint density at radius 3 is 2.67 bits per heavy atom. The number of hydrogen-bond donors (Lipinski definition) is 2. The number of nitrogens with one attached hydrogen (secondary N) is 2. The van der Waals surface area contributed by atoms with E-state index in [1.54, 1.807) is 19.4 Å². The van der Waals surface area contributed by atoms with Gasteiger partial charge in [-0.2, -0.15) is 0 Å². The standard InChI is InChI=1S/C19H22N6O2/c1-20-19(26)27-15-4-2-14(3-5-15)23-17-6-7-18-22-12-16(25(18)24-17)13-8-10-21-11-9-13/h6-12,14-15H,2-5H2,1H3,(H,20,26)(H,23,24)/t14-,15-. The number of anilines is 1. The van der Waals surface area contributed by atoms with Gasteiger partial charge in [0.05, 0.1) is 11.9 Å². The molecule has 0 aromatic carbocycles. The largest absolute Gasteiger partial charge is 0.446 e. The third kappa shape index (κ3) is 3.84. The van der Waals surface area contributed by atoms with Crippen LogP contribution >= 0.6 is 0 Å². The maximum atomic E-state index is 11.3. The zero-order valence-electron chi connectivity index (χ0n) is 15.1. The number of pyridine rings is 1. The smallest absolute Gasteiger partial charge is 0.407 e. The molecular formula is C19H22N6O2. The van der Waals surface area contributed by atoms with Gasteiger partial charge in [-0.3, -0.25) is 4.98 Å². The van der Waals surface area contributed by atoms with Crippen LogP contribution in [0.25, 0.3) is 16.9 Å². The van der Waals surface area contributed by atoms with E-state index in [9.17, 15) is 4.79 Å². The Labute approximate surface area is 157 Å². The van der Waals surface area contributed by atoms with Crippen LogP contribution in [0, 0.1) is 0 Å². The number of nitrogens with zero attached hydrogens (tertiary/aromatic N) is 4. The lowest BCUT2D eigenvalue weighted by molar-refractivity contribution is 0.0747. The van der Waals surface area contributed by atoms with Crippen molar-refractivity contribution in [1.82, 2.24) is 24.9 Å². The summed E-state index contributed by atoms with van der Waals surface area (Å²) >= 11 is 0. The number of fused-ring (bicyclic) bond motifs is 1. The Hall–Kier alpha value is -3.16. The van der Waals surface area contributed by atoms with Gasteiger partial charge in [0.1, 0.15) is 11.9 Å². The molecule has 0 aliphatic heterocycles. The van der Waals surface area contributed by atoms with E-state index in [4.69, 9.17) is 9.84 Å². The van der Waals surface area contributed by atoms with Gasteiger partial charge in [-0.25, -0.2) is 14.3 Å². The average molecular weight is 366 g/mol. The highest BCUT2D eigenvalue weighted by molar-refractivity contribution is 5.66. The van der Waals surface area contributed by atoms with Gasteiger partial charge in [0.25, 0.3) is 0 Å². The highest BCUT2D eigenvalue weighted by Gasteiger charge is 2.24. The lowest BCUT2D eigenvalue weighted by Gasteiger charge is -2.29. The van der Waals surface area contributed by atoms with Crippen molar-refractivity contribution >= 4 is 17.6 Å². The van der Waals surface area contributed by atoms with Gasteiger partial charge < -0.3 is 15.4 Å². The summed E-state index contributed by atoms with van der Waals surface area (Å²) in [6.45, 7) is 0. The summed E-state index contributed by atoms with van der Waals surface area (Å²) in [5, 5.41) is 10.7. The van der Waals surface area contributed by atoms with E-state index in [0.29, 0.717) is 6.04 Å². The second-order valence-electron chi connectivity index (χ2n) is 6.64. The minimum atomic E-state index is -0.359. The highest BCUT2D eigenvalue weighted by Crippen LogP contribution is 2.25. The lowest BCUT2D eigenvalue weighted by Crippen LogP contribution is -2.33. The molecular weight excluding hydrogens is 344 g/mol. The molecule has 3 aromatic heterocycles. The van der Waals surface area contributed by atoms with E-state index in [-0.39, 0.29) is 12.2 Å². The first-order valence-electron chi connectivity index (χ1n) is 9.13. The molecule has 8 nitrogen and oxygen atoms in total. The molecule has 27 heavy (non-hydrogen) atoms. The molecule has 0 spiro atoms. The quantitative estimate of drug-likeness (QED) is 0.737. The normalized spacial score (nSPS) is 19.6. The first-order valence-corrected chi connectivity index (χ1v) is 9.13. The maximum Gasteiger partial charge on any atom is 0.407 e. The van der Waals surface area contributed by atoms with E-state index < -0.39 is 0 Å². The van der Waals surface area contributed by atoms with Gasteiger partial charge in [-0.15, -0.1) is 5.10 Å². The molecule has 3 aromatic rings. The number of rotatable bonds is 4. The van der Waals surface area contributed by atoms with E-state index >= 15 is 0 Å². The molecule has 1 fully saturated rings. The maximum absolute atomic E-state index is 11.3. The number of ether oxygens (including phenoxy) is 1. The van der Waals surface area contributed by atoms with Crippen LogP contribution in [0.4, 0.5) is 10.6 Å². The highest BCUT2D eigenvalue weighted by atomic mass is 16.6. The minimum absolute atomic E-state index is 0.00891. The lowest BCUT2D eigenvalue weighted by atomic mass is 9.93. The van der Waals surface area contributed by atoms with Crippen molar-refractivity contribution in [3.8, 4) is 11.3 Å². The van der Waals surface area contributed by atoms with Crippen molar-refractivity contribution in [2.24, 2.45) is 0 Å². The second-order valence-corrected chi connectivity index (χ2v) is 6.64. The molecule has 8 heteroatoms. The Balaban J connectivity index is 1.45. The van der Waals surface area contributed by atoms with Crippen LogP contribution in [-0.4, -0.2) is 44.9 Å². The summed E-state index contributed by atoms with van der Waals surface area (Å²) in [7, 11) is 1.58. The van der Waals surface area contributed by atoms with E-state index in [1.807, 2.05) is 35.0 Å². The van der Waals surface area contributed by atoms with Gasteiger partial charge in [0.2, 0.25) is 0 Å². The fourth-order valence-corrected chi connectivity index (χ4v) is 3.41. The van der Waals surface area contributed by atoms with Crippen molar-refractivity contribution in [2.45, 2.75) is 37.8 Å². The molecule has 1 saturated carbocycles. The van der Waals surface area contributed by atoms with E-state index in [1.165, 1.54) is 0 Å². The fourth-order valence-electron chi connectivity index (χ4n) is 3.41. The molecule has 2 N–H and O–H groups in total. The molecule has 1 amide bonds. The van der Waals surface area contributed by atoms with Crippen LogP contribution in [0.2, 0.25) is 0 Å². The van der Waals surface area contributed by atoms with Crippen LogP contribution in [0.1, 0.15) is 25.7 Å².